The van der Waals surface area contributed by atoms with Gasteiger partial charge in [0.2, 0.25) is 5.75 Å². The van der Waals surface area contributed by atoms with Crippen LogP contribution in [0.1, 0.15) is 5.56 Å². The van der Waals surface area contributed by atoms with Crippen LogP contribution in [0.3, 0.4) is 0 Å². The van der Waals surface area contributed by atoms with Gasteiger partial charge in [-0.25, -0.2) is 4.98 Å². The van der Waals surface area contributed by atoms with Gasteiger partial charge in [-0.2, -0.15) is 0 Å². The number of aromatic nitrogens is 2. The second-order valence-electron chi connectivity index (χ2n) is 8.33. The summed E-state index contributed by atoms with van der Waals surface area (Å²) in [6, 6.07) is 16.3. The highest BCUT2D eigenvalue weighted by atomic mass is 16.5. The van der Waals surface area contributed by atoms with E-state index in [0.717, 1.165) is 11.0 Å². The number of rotatable bonds is 8. The number of ether oxygens (including phenoxy) is 4. The normalized spacial score (nSPS) is 11.1. The molecule has 0 aliphatic rings. The van der Waals surface area contributed by atoms with Crippen LogP contribution in [-0.2, 0) is 6.54 Å². The summed E-state index contributed by atoms with van der Waals surface area (Å²) >= 11 is 0. The van der Waals surface area contributed by atoms with Gasteiger partial charge in [-0.05, 0) is 48.9 Å². The first-order valence-electron chi connectivity index (χ1n) is 11.4. The van der Waals surface area contributed by atoms with Gasteiger partial charge in [-0.1, -0.05) is 6.07 Å². The smallest absolute Gasteiger partial charge is 0.203 e. The summed E-state index contributed by atoms with van der Waals surface area (Å²) in [4.78, 5) is 17.3. The van der Waals surface area contributed by atoms with Crippen LogP contribution in [0.5, 0.6) is 23.0 Å². The third-order valence-electron chi connectivity index (χ3n) is 6.03. The Bertz CT molecular complexity index is 1590. The zero-order chi connectivity index (χ0) is 25.2. The molecule has 0 bridgehead atoms. The highest BCUT2D eigenvalue weighted by molar-refractivity contribution is 5.81. The fraction of sp³-hybridized carbons (Fsp3) is 0.214. The first kappa shape index (κ1) is 23.3. The summed E-state index contributed by atoms with van der Waals surface area (Å²) in [5, 5.41) is 0.467. The quantitative estimate of drug-likeness (QED) is 0.297. The standard InChI is InChI=1S/C28H26N2O6/c1-17-5-8-22-21(11-17)29-16-30(22)9-10-35-19-6-7-20-23(31)15-24(36-25(20)14-19)18-12-26(32-2)28(34-4)27(13-18)33-3/h5-8,11-16H,9-10H2,1-4H3. The van der Waals surface area contributed by atoms with E-state index < -0.39 is 0 Å². The third kappa shape index (κ3) is 4.33. The molecule has 3 aromatic carbocycles. The van der Waals surface area contributed by atoms with E-state index in [1.807, 2.05) is 13.3 Å². The van der Waals surface area contributed by atoms with Crippen molar-refractivity contribution < 1.29 is 23.4 Å². The SMILES string of the molecule is COc1cc(-c2cc(=O)c3ccc(OCCn4cnc5cc(C)ccc54)cc3o2)cc(OC)c1OC. The highest BCUT2D eigenvalue weighted by Gasteiger charge is 2.16. The van der Waals surface area contributed by atoms with Crippen LogP contribution in [0.2, 0.25) is 0 Å². The number of fused-ring (bicyclic) bond motifs is 2. The number of methoxy groups -OCH3 is 3. The number of hydrogen-bond acceptors (Lipinski definition) is 7. The van der Waals surface area contributed by atoms with Crippen LogP contribution >= 0.6 is 0 Å². The molecule has 8 heteroatoms. The first-order chi connectivity index (χ1) is 17.5. The van der Waals surface area contributed by atoms with Crippen molar-refractivity contribution in [3.8, 4) is 34.3 Å². The predicted octanol–water partition coefficient (Wildman–Crippen LogP) is 5.22. The van der Waals surface area contributed by atoms with Gasteiger partial charge >= 0.3 is 0 Å². The van der Waals surface area contributed by atoms with Crippen LogP contribution in [0.15, 0.2) is 70.1 Å². The number of aryl methyl sites for hydroxylation is 1. The molecule has 0 atom stereocenters. The maximum Gasteiger partial charge on any atom is 0.203 e. The number of benzene rings is 3. The van der Waals surface area contributed by atoms with Crippen molar-refractivity contribution in [3.05, 3.63) is 76.7 Å². The molecule has 36 heavy (non-hydrogen) atoms. The molecule has 2 heterocycles. The first-order valence-corrected chi connectivity index (χ1v) is 11.4. The van der Waals surface area contributed by atoms with Crippen molar-refractivity contribution in [1.29, 1.82) is 0 Å². The lowest BCUT2D eigenvalue weighted by Crippen LogP contribution is -2.07. The van der Waals surface area contributed by atoms with Crippen LogP contribution in [0.25, 0.3) is 33.3 Å². The van der Waals surface area contributed by atoms with Gasteiger partial charge in [-0.15, -0.1) is 0 Å². The molecule has 0 unspecified atom stereocenters. The minimum atomic E-state index is -0.160. The van der Waals surface area contributed by atoms with Crippen molar-refractivity contribution in [2.24, 2.45) is 0 Å². The van der Waals surface area contributed by atoms with Gasteiger partial charge in [0, 0.05) is 17.7 Å². The third-order valence-corrected chi connectivity index (χ3v) is 6.03. The summed E-state index contributed by atoms with van der Waals surface area (Å²) in [7, 11) is 4.61. The van der Waals surface area contributed by atoms with E-state index in [2.05, 4.69) is 27.8 Å². The lowest BCUT2D eigenvalue weighted by molar-refractivity contribution is 0.300. The fourth-order valence-electron chi connectivity index (χ4n) is 4.20. The van der Waals surface area contributed by atoms with Crippen LogP contribution in [0, 0.1) is 6.92 Å². The van der Waals surface area contributed by atoms with E-state index in [4.69, 9.17) is 23.4 Å². The van der Waals surface area contributed by atoms with E-state index in [0.29, 0.717) is 58.4 Å². The molecule has 0 fully saturated rings. The molecule has 0 amide bonds. The average molecular weight is 487 g/mol. The van der Waals surface area contributed by atoms with Crippen molar-refractivity contribution in [3.63, 3.8) is 0 Å². The second kappa shape index (κ2) is 9.65. The lowest BCUT2D eigenvalue weighted by atomic mass is 10.1. The Labute approximate surface area is 207 Å². The summed E-state index contributed by atoms with van der Waals surface area (Å²) < 4.78 is 30.4. The number of imidazole rings is 1. The zero-order valence-electron chi connectivity index (χ0n) is 20.5. The van der Waals surface area contributed by atoms with Gasteiger partial charge in [0.1, 0.15) is 23.7 Å². The Kier molecular flexibility index (Phi) is 6.25. The minimum absolute atomic E-state index is 0.160. The molecular formula is C28H26N2O6. The Morgan fingerprint density at radius 3 is 2.42 bits per heavy atom. The highest BCUT2D eigenvalue weighted by Crippen LogP contribution is 2.41. The summed E-state index contributed by atoms with van der Waals surface area (Å²) in [5.74, 6) is 2.38. The van der Waals surface area contributed by atoms with Gasteiger partial charge in [0.25, 0.3) is 0 Å². The van der Waals surface area contributed by atoms with E-state index in [9.17, 15) is 4.79 Å². The van der Waals surface area contributed by atoms with Gasteiger partial charge in [-0.3, -0.25) is 4.79 Å². The second-order valence-corrected chi connectivity index (χ2v) is 8.33. The molecule has 8 nitrogen and oxygen atoms in total. The largest absolute Gasteiger partial charge is 0.493 e. The van der Waals surface area contributed by atoms with Crippen molar-refractivity contribution in [2.45, 2.75) is 13.5 Å². The predicted molar refractivity (Wildman–Crippen MR) is 138 cm³/mol. The Balaban J connectivity index is 1.41. The monoisotopic (exact) mass is 486 g/mol. The van der Waals surface area contributed by atoms with Crippen molar-refractivity contribution in [2.75, 3.05) is 27.9 Å². The van der Waals surface area contributed by atoms with Crippen molar-refractivity contribution >= 4 is 22.0 Å². The van der Waals surface area contributed by atoms with Gasteiger partial charge in [0.05, 0.1) is 50.6 Å². The lowest BCUT2D eigenvalue weighted by Gasteiger charge is -2.14. The molecule has 0 N–H and O–H groups in total. The minimum Gasteiger partial charge on any atom is -0.493 e. The summed E-state index contributed by atoms with van der Waals surface area (Å²) in [5.41, 5.74) is 4.08. The fourth-order valence-corrected chi connectivity index (χ4v) is 4.20. The maximum absolute atomic E-state index is 12.8. The van der Waals surface area contributed by atoms with Crippen LogP contribution in [-0.4, -0.2) is 37.5 Å². The molecule has 0 saturated heterocycles. The van der Waals surface area contributed by atoms with Crippen LogP contribution < -0.4 is 24.4 Å². The van der Waals surface area contributed by atoms with E-state index in [1.165, 1.54) is 33.0 Å². The molecule has 5 aromatic rings. The zero-order valence-corrected chi connectivity index (χ0v) is 20.5. The molecule has 0 radical (unpaired) electrons. The molecule has 5 rings (SSSR count). The summed E-state index contributed by atoms with van der Waals surface area (Å²) in [6.45, 7) is 3.11. The average Bonchev–Trinajstić information content (AvgIpc) is 3.29. The Morgan fingerprint density at radius 2 is 1.69 bits per heavy atom. The number of nitrogens with zero attached hydrogens (tertiary/aromatic N) is 2. The van der Waals surface area contributed by atoms with Gasteiger partial charge in [0.15, 0.2) is 16.9 Å². The maximum atomic E-state index is 12.8. The Morgan fingerprint density at radius 1 is 0.917 bits per heavy atom. The van der Waals surface area contributed by atoms with Gasteiger partial charge < -0.3 is 27.9 Å². The van der Waals surface area contributed by atoms with E-state index >= 15 is 0 Å². The molecular weight excluding hydrogens is 460 g/mol. The van der Waals surface area contributed by atoms with Crippen LogP contribution in [0.4, 0.5) is 0 Å². The Hall–Kier alpha value is -4.46. The van der Waals surface area contributed by atoms with E-state index in [-0.39, 0.29) is 5.43 Å². The van der Waals surface area contributed by atoms with Crippen molar-refractivity contribution in [1.82, 2.24) is 9.55 Å². The van der Waals surface area contributed by atoms with E-state index in [1.54, 1.807) is 30.3 Å². The molecule has 2 aromatic heterocycles. The molecule has 184 valence electrons. The number of hydrogen-bond donors (Lipinski definition) is 0. The topological polar surface area (TPSA) is 85.0 Å². The summed E-state index contributed by atoms with van der Waals surface area (Å²) in [6.07, 6.45) is 1.82. The molecule has 0 spiro atoms. The molecule has 0 aliphatic heterocycles. The molecule has 0 aliphatic carbocycles. The molecule has 0 saturated carbocycles.